The van der Waals surface area contributed by atoms with E-state index in [-0.39, 0.29) is 18.4 Å². The molecule has 1 aliphatic rings. The van der Waals surface area contributed by atoms with Gasteiger partial charge in [0.1, 0.15) is 0 Å². The Balaban J connectivity index is 2.30. The number of ether oxygens (including phenoxy) is 1. The number of rotatable bonds is 7. The first-order valence-electron chi connectivity index (χ1n) is 5.68. The first-order valence-corrected chi connectivity index (χ1v) is 5.68. The third-order valence-electron chi connectivity index (χ3n) is 2.91. The summed E-state index contributed by atoms with van der Waals surface area (Å²) in [7, 11) is 1.66. The Morgan fingerprint density at radius 3 is 2.67 bits per heavy atom. The number of aliphatic hydroxyl groups is 1. The lowest BCUT2D eigenvalue weighted by Crippen LogP contribution is -2.41. The van der Waals surface area contributed by atoms with E-state index < -0.39 is 0 Å². The first-order chi connectivity index (χ1) is 7.29. The van der Waals surface area contributed by atoms with Crippen molar-refractivity contribution < 1.29 is 14.6 Å². The van der Waals surface area contributed by atoms with Gasteiger partial charge in [-0.25, -0.2) is 0 Å². The predicted molar refractivity (Wildman–Crippen MR) is 57.5 cm³/mol. The Hall–Kier alpha value is -0.610. The molecule has 0 aromatic heterocycles. The quantitative estimate of drug-likeness (QED) is 0.634. The molecular weight excluding hydrogens is 194 g/mol. The molecule has 0 heterocycles. The van der Waals surface area contributed by atoms with Gasteiger partial charge in [-0.3, -0.25) is 4.79 Å². The van der Waals surface area contributed by atoms with Crippen molar-refractivity contribution in [3.8, 4) is 0 Å². The van der Waals surface area contributed by atoms with E-state index in [9.17, 15) is 4.79 Å². The monoisotopic (exact) mass is 215 g/mol. The van der Waals surface area contributed by atoms with Crippen molar-refractivity contribution in [1.29, 1.82) is 0 Å². The van der Waals surface area contributed by atoms with Crippen molar-refractivity contribution in [3.63, 3.8) is 0 Å². The molecule has 1 rings (SSSR count). The van der Waals surface area contributed by atoms with Crippen molar-refractivity contribution >= 4 is 5.91 Å². The molecule has 4 nitrogen and oxygen atoms in total. The highest BCUT2D eigenvalue weighted by Gasteiger charge is 2.28. The van der Waals surface area contributed by atoms with Gasteiger partial charge in [0.15, 0.2) is 0 Å². The molecule has 1 N–H and O–H groups in total. The van der Waals surface area contributed by atoms with Gasteiger partial charge in [-0.2, -0.15) is 0 Å². The molecule has 1 fully saturated rings. The largest absolute Gasteiger partial charge is 0.395 e. The van der Waals surface area contributed by atoms with Gasteiger partial charge in [0, 0.05) is 32.7 Å². The first kappa shape index (κ1) is 12.5. The number of carbonyl (C=O) groups is 1. The van der Waals surface area contributed by atoms with E-state index in [0.29, 0.717) is 19.7 Å². The van der Waals surface area contributed by atoms with E-state index in [2.05, 4.69) is 0 Å². The minimum Gasteiger partial charge on any atom is -0.395 e. The molecule has 1 saturated carbocycles. The second-order valence-electron chi connectivity index (χ2n) is 4.02. The summed E-state index contributed by atoms with van der Waals surface area (Å²) in [6.45, 7) is 1.87. The highest BCUT2D eigenvalue weighted by molar-refractivity contribution is 5.79. The van der Waals surface area contributed by atoms with Gasteiger partial charge in [-0.1, -0.05) is 6.42 Å². The van der Waals surface area contributed by atoms with Crippen LogP contribution >= 0.6 is 0 Å². The average Bonchev–Trinajstić information content (AvgIpc) is 2.14. The molecule has 88 valence electrons. The molecule has 4 heteroatoms. The van der Waals surface area contributed by atoms with Gasteiger partial charge >= 0.3 is 0 Å². The lowest BCUT2D eigenvalue weighted by Gasteiger charge is -2.31. The number of nitrogens with zero attached hydrogens (tertiary/aromatic N) is 1. The molecule has 0 unspecified atom stereocenters. The third-order valence-corrected chi connectivity index (χ3v) is 2.91. The molecule has 0 bridgehead atoms. The summed E-state index contributed by atoms with van der Waals surface area (Å²) in [6, 6.07) is 0. The van der Waals surface area contributed by atoms with Crippen LogP contribution in [0.3, 0.4) is 0 Å². The maximum Gasteiger partial charge on any atom is 0.225 e. The Morgan fingerprint density at radius 1 is 1.47 bits per heavy atom. The number of amides is 1. The molecule has 0 atom stereocenters. The standard InChI is InChI=1S/C11H21NO3/c1-15-9-3-6-12(7-8-13)11(14)10-4-2-5-10/h10,13H,2-9H2,1H3. The SMILES string of the molecule is COCCCN(CCO)C(=O)C1CCC1. The normalized spacial score (nSPS) is 16.1. The molecule has 0 aromatic rings. The fourth-order valence-electron chi connectivity index (χ4n) is 1.77. The van der Waals surface area contributed by atoms with Crippen LogP contribution in [0.15, 0.2) is 0 Å². The summed E-state index contributed by atoms with van der Waals surface area (Å²) < 4.78 is 4.95. The van der Waals surface area contributed by atoms with Crippen molar-refractivity contribution in [2.24, 2.45) is 5.92 Å². The molecule has 0 spiro atoms. The molecular formula is C11H21NO3. The smallest absolute Gasteiger partial charge is 0.225 e. The molecule has 0 saturated heterocycles. The minimum absolute atomic E-state index is 0.0471. The van der Waals surface area contributed by atoms with Crippen LogP contribution in [0.4, 0.5) is 0 Å². The van der Waals surface area contributed by atoms with Crippen LogP contribution in [0, 0.1) is 5.92 Å². The molecule has 15 heavy (non-hydrogen) atoms. The average molecular weight is 215 g/mol. The summed E-state index contributed by atoms with van der Waals surface area (Å²) in [6.07, 6.45) is 4.05. The molecule has 0 aliphatic heterocycles. The van der Waals surface area contributed by atoms with E-state index in [1.165, 1.54) is 6.42 Å². The topological polar surface area (TPSA) is 49.8 Å². The molecule has 1 aliphatic carbocycles. The zero-order valence-electron chi connectivity index (χ0n) is 9.45. The predicted octanol–water partition coefficient (Wildman–Crippen LogP) is 0.644. The fourth-order valence-corrected chi connectivity index (χ4v) is 1.77. The second kappa shape index (κ2) is 6.80. The van der Waals surface area contributed by atoms with E-state index in [0.717, 1.165) is 19.3 Å². The summed E-state index contributed by atoms with van der Waals surface area (Å²) in [5, 5.41) is 8.89. The Morgan fingerprint density at radius 2 is 2.20 bits per heavy atom. The van der Waals surface area contributed by atoms with Crippen LogP contribution < -0.4 is 0 Å². The highest BCUT2D eigenvalue weighted by atomic mass is 16.5. The second-order valence-corrected chi connectivity index (χ2v) is 4.02. The van der Waals surface area contributed by atoms with Crippen molar-refractivity contribution in [2.75, 3.05) is 33.4 Å². The van der Waals surface area contributed by atoms with Gasteiger partial charge in [-0.15, -0.1) is 0 Å². The van der Waals surface area contributed by atoms with Gasteiger partial charge in [-0.05, 0) is 19.3 Å². The Kier molecular flexibility index (Phi) is 5.65. The minimum atomic E-state index is 0.0471. The Bertz CT molecular complexity index is 192. The van der Waals surface area contributed by atoms with Crippen molar-refractivity contribution in [3.05, 3.63) is 0 Å². The highest BCUT2D eigenvalue weighted by Crippen LogP contribution is 2.28. The zero-order chi connectivity index (χ0) is 11.1. The van der Waals surface area contributed by atoms with E-state index in [1.807, 2.05) is 0 Å². The van der Waals surface area contributed by atoms with E-state index in [1.54, 1.807) is 12.0 Å². The van der Waals surface area contributed by atoms with Gasteiger partial charge in [0.2, 0.25) is 5.91 Å². The molecule has 0 radical (unpaired) electrons. The lowest BCUT2D eigenvalue weighted by molar-refractivity contribution is -0.138. The van der Waals surface area contributed by atoms with Gasteiger partial charge in [0.05, 0.1) is 6.61 Å². The van der Waals surface area contributed by atoms with Crippen LogP contribution in [0.2, 0.25) is 0 Å². The number of hydrogen-bond acceptors (Lipinski definition) is 3. The van der Waals surface area contributed by atoms with Crippen molar-refractivity contribution in [2.45, 2.75) is 25.7 Å². The number of methoxy groups -OCH3 is 1. The summed E-state index contributed by atoms with van der Waals surface area (Å²) in [5.74, 6) is 0.436. The number of carbonyl (C=O) groups excluding carboxylic acids is 1. The number of hydrogen-bond donors (Lipinski definition) is 1. The van der Waals surface area contributed by atoms with Gasteiger partial charge in [0.25, 0.3) is 0 Å². The maximum atomic E-state index is 11.9. The molecule has 0 aromatic carbocycles. The summed E-state index contributed by atoms with van der Waals surface area (Å²) >= 11 is 0. The van der Waals surface area contributed by atoms with Crippen LogP contribution in [-0.2, 0) is 9.53 Å². The van der Waals surface area contributed by atoms with Crippen molar-refractivity contribution in [1.82, 2.24) is 4.90 Å². The van der Waals surface area contributed by atoms with E-state index >= 15 is 0 Å². The summed E-state index contributed by atoms with van der Waals surface area (Å²) in [5.41, 5.74) is 0. The van der Waals surface area contributed by atoms with Crippen LogP contribution in [0.25, 0.3) is 0 Å². The summed E-state index contributed by atoms with van der Waals surface area (Å²) in [4.78, 5) is 13.7. The number of aliphatic hydroxyl groups excluding tert-OH is 1. The van der Waals surface area contributed by atoms with Crippen LogP contribution in [0.1, 0.15) is 25.7 Å². The Labute approximate surface area is 91.2 Å². The van der Waals surface area contributed by atoms with E-state index in [4.69, 9.17) is 9.84 Å². The van der Waals surface area contributed by atoms with Gasteiger partial charge < -0.3 is 14.7 Å². The fraction of sp³-hybridized carbons (Fsp3) is 0.909. The van der Waals surface area contributed by atoms with Crippen LogP contribution in [0.5, 0.6) is 0 Å². The zero-order valence-corrected chi connectivity index (χ0v) is 9.45. The third kappa shape index (κ3) is 3.80. The van der Waals surface area contributed by atoms with Crippen LogP contribution in [-0.4, -0.2) is 49.3 Å². The maximum absolute atomic E-state index is 11.9. The molecule has 1 amide bonds. The lowest BCUT2D eigenvalue weighted by atomic mass is 9.84.